The van der Waals surface area contributed by atoms with Crippen LogP contribution in [-0.4, -0.2) is 28.7 Å². The molecule has 2 aromatic carbocycles. The highest BCUT2D eigenvalue weighted by atomic mass is 35.5. The van der Waals surface area contributed by atoms with Crippen molar-refractivity contribution in [2.45, 2.75) is 5.22 Å². The van der Waals surface area contributed by atoms with Gasteiger partial charge in [-0.05, 0) is 30.3 Å². The van der Waals surface area contributed by atoms with Crippen molar-refractivity contribution >= 4 is 51.7 Å². The van der Waals surface area contributed by atoms with E-state index in [-0.39, 0.29) is 17.1 Å². The number of halogens is 1. The third-order valence-corrected chi connectivity index (χ3v) is 4.40. The van der Waals surface area contributed by atoms with Gasteiger partial charge in [0.15, 0.2) is 5.58 Å². The molecule has 0 aliphatic rings. The zero-order valence-electron chi connectivity index (χ0n) is 13.4. The van der Waals surface area contributed by atoms with Crippen LogP contribution in [0.4, 0.5) is 11.4 Å². The minimum absolute atomic E-state index is 0.0241. The summed E-state index contributed by atoms with van der Waals surface area (Å²) in [5.41, 5.74) is 0.985. The largest absolute Gasteiger partial charge is 0.496 e. The number of ether oxygens (including phenoxy) is 1. The topological polar surface area (TPSA) is 108 Å². The molecular weight excluding hydrogens is 382 g/mol. The molecule has 0 spiro atoms. The summed E-state index contributed by atoms with van der Waals surface area (Å²) in [7, 11) is 1.40. The SMILES string of the molecule is COc1ccc(NC(=O)CSc2nc3cc(Cl)ccc3o2)c([N+](=O)[O-])c1. The van der Waals surface area contributed by atoms with Gasteiger partial charge in [-0.1, -0.05) is 23.4 Å². The second-order valence-electron chi connectivity index (χ2n) is 5.07. The van der Waals surface area contributed by atoms with Gasteiger partial charge in [0.05, 0.1) is 23.9 Å². The molecule has 0 unspecified atom stereocenters. The number of oxazole rings is 1. The highest BCUT2D eigenvalue weighted by Crippen LogP contribution is 2.30. The number of nitro benzene ring substituents is 1. The predicted octanol–water partition coefficient (Wildman–Crippen LogP) is 4.13. The zero-order chi connectivity index (χ0) is 18.7. The van der Waals surface area contributed by atoms with Crippen LogP contribution in [0, 0.1) is 10.1 Å². The summed E-state index contributed by atoms with van der Waals surface area (Å²) < 4.78 is 10.5. The highest BCUT2D eigenvalue weighted by Gasteiger charge is 2.18. The third-order valence-electron chi connectivity index (χ3n) is 3.33. The number of methoxy groups -OCH3 is 1. The molecule has 3 rings (SSSR count). The lowest BCUT2D eigenvalue weighted by atomic mass is 10.2. The molecule has 10 heteroatoms. The van der Waals surface area contributed by atoms with E-state index in [1.54, 1.807) is 18.2 Å². The lowest BCUT2D eigenvalue weighted by molar-refractivity contribution is -0.384. The lowest BCUT2D eigenvalue weighted by Crippen LogP contribution is -2.15. The second kappa shape index (κ2) is 7.63. The number of hydrogen-bond acceptors (Lipinski definition) is 7. The zero-order valence-corrected chi connectivity index (χ0v) is 15.0. The molecule has 1 N–H and O–H groups in total. The number of amides is 1. The molecule has 1 amide bonds. The molecule has 0 saturated heterocycles. The number of rotatable bonds is 6. The summed E-state index contributed by atoms with van der Waals surface area (Å²) in [4.78, 5) is 26.9. The van der Waals surface area contributed by atoms with E-state index in [4.69, 9.17) is 20.8 Å². The summed E-state index contributed by atoms with van der Waals surface area (Å²) in [6, 6.07) is 9.22. The molecule has 1 aromatic heterocycles. The number of hydrogen-bond donors (Lipinski definition) is 1. The van der Waals surface area contributed by atoms with Crippen molar-refractivity contribution in [1.29, 1.82) is 0 Å². The number of anilines is 1. The molecule has 0 aliphatic heterocycles. The van der Waals surface area contributed by atoms with Crippen molar-refractivity contribution < 1.29 is 18.9 Å². The molecule has 0 bridgehead atoms. The van der Waals surface area contributed by atoms with Gasteiger partial charge in [-0.2, -0.15) is 0 Å². The standard InChI is InChI=1S/C16H12ClN3O5S/c1-24-10-3-4-11(13(7-10)20(22)23)18-15(21)8-26-16-19-12-6-9(17)2-5-14(12)25-16/h2-7H,8H2,1H3,(H,18,21). The summed E-state index contributed by atoms with van der Waals surface area (Å²) in [6.07, 6.45) is 0. The number of nitrogens with zero attached hydrogens (tertiary/aromatic N) is 2. The molecule has 0 fully saturated rings. The smallest absolute Gasteiger partial charge is 0.296 e. The predicted molar refractivity (Wildman–Crippen MR) is 98.0 cm³/mol. The van der Waals surface area contributed by atoms with Gasteiger partial charge in [0, 0.05) is 5.02 Å². The molecule has 134 valence electrons. The van der Waals surface area contributed by atoms with E-state index >= 15 is 0 Å². The van der Waals surface area contributed by atoms with E-state index in [0.717, 1.165) is 11.8 Å². The van der Waals surface area contributed by atoms with Gasteiger partial charge in [-0.3, -0.25) is 14.9 Å². The first-order chi connectivity index (χ1) is 12.5. The van der Waals surface area contributed by atoms with E-state index in [1.165, 1.54) is 25.3 Å². The number of aromatic nitrogens is 1. The number of carbonyl (C=O) groups is 1. The number of carbonyl (C=O) groups excluding carboxylic acids is 1. The summed E-state index contributed by atoms with van der Waals surface area (Å²) in [5, 5.41) is 14.5. The molecule has 0 radical (unpaired) electrons. The number of nitro groups is 1. The van der Waals surface area contributed by atoms with Gasteiger partial charge in [0.1, 0.15) is 17.0 Å². The lowest BCUT2D eigenvalue weighted by Gasteiger charge is -2.06. The van der Waals surface area contributed by atoms with Crippen molar-refractivity contribution in [2.24, 2.45) is 0 Å². The van der Waals surface area contributed by atoms with Gasteiger partial charge in [-0.25, -0.2) is 4.98 Å². The van der Waals surface area contributed by atoms with Crippen LogP contribution in [0.1, 0.15) is 0 Å². The van der Waals surface area contributed by atoms with Gasteiger partial charge >= 0.3 is 0 Å². The van der Waals surface area contributed by atoms with E-state index in [2.05, 4.69) is 10.3 Å². The molecule has 26 heavy (non-hydrogen) atoms. The Morgan fingerprint density at radius 2 is 2.19 bits per heavy atom. The number of benzene rings is 2. The Hall–Kier alpha value is -2.78. The quantitative estimate of drug-likeness (QED) is 0.381. The number of thioether (sulfide) groups is 1. The first kappa shape index (κ1) is 18.0. The summed E-state index contributed by atoms with van der Waals surface area (Å²) >= 11 is 6.96. The normalized spacial score (nSPS) is 10.7. The molecule has 0 atom stereocenters. The van der Waals surface area contributed by atoms with Crippen molar-refractivity contribution in [3.05, 3.63) is 51.5 Å². The van der Waals surface area contributed by atoms with Crippen molar-refractivity contribution in [2.75, 3.05) is 18.2 Å². The average molecular weight is 394 g/mol. The van der Waals surface area contributed by atoms with Crippen LogP contribution in [0.15, 0.2) is 46.0 Å². The molecule has 0 aliphatic carbocycles. The molecule has 3 aromatic rings. The van der Waals surface area contributed by atoms with Crippen molar-refractivity contribution in [3.8, 4) is 5.75 Å². The monoisotopic (exact) mass is 393 g/mol. The first-order valence-electron chi connectivity index (χ1n) is 7.27. The van der Waals surface area contributed by atoms with Crippen LogP contribution in [0.25, 0.3) is 11.1 Å². The van der Waals surface area contributed by atoms with Crippen LogP contribution in [0.5, 0.6) is 5.75 Å². The van der Waals surface area contributed by atoms with E-state index in [0.29, 0.717) is 27.1 Å². The third kappa shape index (κ3) is 4.06. The van der Waals surface area contributed by atoms with Crippen molar-refractivity contribution in [3.63, 3.8) is 0 Å². The minimum atomic E-state index is -0.587. The number of nitrogens with one attached hydrogen (secondary N) is 1. The van der Waals surface area contributed by atoms with Crippen LogP contribution in [-0.2, 0) is 4.79 Å². The van der Waals surface area contributed by atoms with E-state index in [9.17, 15) is 14.9 Å². The molecule has 0 saturated carbocycles. The Morgan fingerprint density at radius 3 is 2.92 bits per heavy atom. The fraction of sp³-hybridized carbons (Fsp3) is 0.125. The van der Waals surface area contributed by atoms with E-state index in [1.807, 2.05) is 0 Å². The fourth-order valence-corrected chi connectivity index (χ4v) is 2.95. The van der Waals surface area contributed by atoms with Gasteiger partial charge in [0.25, 0.3) is 10.9 Å². The summed E-state index contributed by atoms with van der Waals surface area (Å²) in [5.74, 6) is -0.123. The van der Waals surface area contributed by atoms with Gasteiger partial charge in [0.2, 0.25) is 5.91 Å². The van der Waals surface area contributed by atoms with Crippen LogP contribution in [0.2, 0.25) is 5.02 Å². The number of fused-ring (bicyclic) bond motifs is 1. The molecular formula is C16H12ClN3O5S. The fourth-order valence-electron chi connectivity index (χ4n) is 2.15. The second-order valence-corrected chi connectivity index (χ2v) is 6.43. The maximum Gasteiger partial charge on any atom is 0.296 e. The molecule has 1 heterocycles. The Morgan fingerprint density at radius 1 is 1.38 bits per heavy atom. The highest BCUT2D eigenvalue weighted by molar-refractivity contribution is 7.99. The minimum Gasteiger partial charge on any atom is -0.496 e. The first-order valence-corrected chi connectivity index (χ1v) is 8.64. The Labute approximate surface area is 156 Å². The maximum absolute atomic E-state index is 12.1. The Kier molecular flexibility index (Phi) is 5.29. The maximum atomic E-state index is 12.1. The van der Waals surface area contributed by atoms with Crippen molar-refractivity contribution in [1.82, 2.24) is 4.98 Å². The Balaban J connectivity index is 1.67. The van der Waals surface area contributed by atoms with Gasteiger partial charge in [-0.15, -0.1) is 0 Å². The van der Waals surface area contributed by atoms with Crippen LogP contribution >= 0.6 is 23.4 Å². The average Bonchev–Trinajstić information content (AvgIpc) is 3.02. The van der Waals surface area contributed by atoms with Gasteiger partial charge < -0.3 is 14.5 Å². The molecule has 8 nitrogen and oxygen atoms in total. The van der Waals surface area contributed by atoms with Crippen LogP contribution in [0.3, 0.4) is 0 Å². The Bertz CT molecular complexity index is 991. The summed E-state index contributed by atoms with van der Waals surface area (Å²) in [6.45, 7) is 0. The van der Waals surface area contributed by atoms with E-state index < -0.39 is 10.8 Å². The van der Waals surface area contributed by atoms with Crippen LogP contribution < -0.4 is 10.1 Å².